The van der Waals surface area contributed by atoms with E-state index < -0.39 is 24.0 Å². The molecule has 1 aromatic heterocycles. The molecule has 0 saturated heterocycles. The van der Waals surface area contributed by atoms with Crippen LogP contribution in [-0.2, 0) is 16.1 Å². The van der Waals surface area contributed by atoms with Gasteiger partial charge in [0, 0.05) is 11.6 Å². The molecule has 1 aliphatic rings. The summed E-state index contributed by atoms with van der Waals surface area (Å²) in [5.74, 6) is -2.00. The Balaban J connectivity index is 1.61. The number of aryl methyl sites for hydroxylation is 1. The Morgan fingerprint density at radius 3 is 2.20 bits per heavy atom. The molecule has 30 heavy (non-hydrogen) atoms. The van der Waals surface area contributed by atoms with Gasteiger partial charge < -0.3 is 15.6 Å². The normalized spacial score (nSPS) is 12.3. The van der Waals surface area contributed by atoms with Gasteiger partial charge in [-0.25, -0.2) is 4.79 Å². The SMILES string of the molecule is Cc1cc(C(=O)OCC2c3ccccc3-c3ccccc32)c(N)c(=O)n1CC(=O)O. The molecular formula is C23H20N2O5. The second-order valence-electron chi connectivity index (χ2n) is 7.22. The maximum absolute atomic E-state index is 12.7. The predicted octanol–water partition coefficient (Wildman–Crippen LogP) is 2.79. The summed E-state index contributed by atoms with van der Waals surface area (Å²) in [4.78, 5) is 36.1. The number of anilines is 1. The Labute approximate surface area is 172 Å². The molecule has 0 bridgehead atoms. The third kappa shape index (κ3) is 3.24. The number of benzene rings is 2. The number of aromatic nitrogens is 1. The van der Waals surface area contributed by atoms with Crippen LogP contribution >= 0.6 is 0 Å². The molecule has 3 aromatic rings. The highest BCUT2D eigenvalue weighted by molar-refractivity contribution is 5.95. The number of hydrogen-bond acceptors (Lipinski definition) is 5. The quantitative estimate of drug-likeness (QED) is 0.633. The monoisotopic (exact) mass is 404 g/mol. The molecule has 0 atom stereocenters. The van der Waals surface area contributed by atoms with Crippen molar-refractivity contribution in [3.05, 3.63) is 87.3 Å². The molecular weight excluding hydrogens is 384 g/mol. The van der Waals surface area contributed by atoms with E-state index in [-0.39, 0.29) is 23.8 Å². The molecule has 1 heterocycles. The van der Waals surface area contributed by atoms with Crippen molar-refractivity contribution < 1.29 is 19.4 Å². The Morgan fingerprint density at radius 1 is 1.07 bits per heavy atom. The van der Waals surface area contributed by atoms with Crippen LogP contribution in [0.15, 0.2) is 59.4 Å². The van der Waals surface area contributed by atoms with Gasteiger partial charge in [-0.1, -0.05) is 48.5 Å². The lowest BCUT2D eigenvalue weighted by atomic mass is 9.98. The van der Waals surface area contributed by atoms with Crippen molar-refractivity contribution in [3.8, 4) is 11.1 Å². The van der Waals surface area contributed by atoms with Gasteiger partial charge in [0.2, 0.25) is 0 Å². The summed E-state index contributed by atoms with van der Waals surface area (Å²) in [5, 5.41) is 8.96. The zero-order chi connectivity index (χ0) is 21.4. The summed E-state index contributed by atoms with van der Waals surface area (Å²) in [7, 11) is 0. The summed E-state index contributed by atoms with van der Waals surface area (Å²) < 4.78 is 6.57. The van der Waals surface area contributed by atoms with Gasteiger partial charge in [0.15, 0.2) is 0 Å². The maximum Gasteiger partial charge on any atom is 0.340 e. The molecule has 0 saturated carbocycles. The van der Waals surface area contributed by atoms with Crippen LogP contribution in [0.25, 0.3) is 11.1 Å². The van der Waals surface area contributed by atoms with E-state index in [2.05, 4.69) is 0 Å². The molecule has 4 rings (SSSR count). The van der Waals surface area contributed by atoms with Crippen molar-refractivity contribution in [1.82, 2.24) is 4.57 Å². The molecule has 7 nitrogen and oxygen atoms in total. The van der Waals surface area contributed by atoms with E-state index in [4.69, 9.17) is 15.6 Å². The summed E-state index contributed by atoms with van der Waals surface area (Å²) >= 11 is 0. The molecule has 3 N–H and O–H groups in total. The number of esters is 1. The predicted molar refractivity (Wildman–Crippen MR) is 111 cm³/mol. The van der Waals surface area contributed by atoms with Gasteiger partial charge in [0.05, 0.1) is 5.56 Å². The highest BCUT2D eigenvalue weighted by Gasteiger charge is 2.29. The number of rotatable bonds is 5. The van der Waals surface area contributed by atoms with E-state index in [0.717, 1.165) is 26.8 Å². The average Bonchev–Trinajstić information content (AvgIpc) is 3.06. The topological polar surface area (TPSA) is 112 Å². The standard InChI is InChI=1S/C23H20N2O5/c1-13-10-18(21(24)22(28)25(13)11-20(26)27)23(29)30-12-19-16-8-4-2-6-14(16)15-7-3-5-9-17(15)19/h2-10,19H,11-12,24H2,1H3,(H,26,27). The number of aliphatic carboxylic acids is 1. The lowest BCUT2D eigenvalue weighted by Crippen LogP contribution is -2.30. The first-order chi connectivity index (χ1) is 14.4. The number of ether oxygens (including phenoxy) is 1. The van der Waals surface area contributed by atoms with Crippen LogP contribution in [0.5, 0.6) is 0 Å². The Morgan fingerprint density at radius 2 is 1.63 bits per heavy atom. The van der Waals surface area contributed by atoms with Crippen molar-refractivity contribution in [1.29, 1.82) is 0 Å². The first-order valence-electron chi connectivity index (χ1n) is 9.45. The molecule has 0 unspecified atom stereocenters. The van der Waals surface area contributed by atoms with Crippen molar-refractivity contribution in [2.45, 2.75) is 19.4 Å². The highest BCUT2D eigenvalue weighted by Crippen LogP contribution is 2.44. The van der Waals surface area contributed by atoms with Crippen LogP contribution in [0.4, 0.5) is 5.69 Å². The Bertz CT molecular complexity index is 1180. The number of hydrogen-bond donors (Lipinski definition) is 2. The van der Waals surface area contributed by atoms with E-state index in [9.17, 15) is 14.4 Å². The molecule has 0 fully saturated rings. The van der Waals surface area contributed by atoms with Gasteiger partial charge in [0.1, 0.15) is 18.8 Å². The van der Waals surface area contributed by atoms with E-state index in [1.54, 1.807) is 6.92 Å². The number of nitrogens with zero attached hydrogens (tertiary/aromatic N) is 1. The summed E-state index contributed by atoms with van der Waals surface area (Å²) in [6.07, 6.45) is 0. The lowest BCUT2D eigenvalue weighted by Gasteiger charge is -2.16. The first kappa shape index (κ1) is 19.4. The van der Waals surface area contributed by atoms with Gasteiger partial charge in [-0.15, -0.1) is 0 Å². The van der Waals surface area contributed by atoms with Crippen LogP contribution in [0.3, 0.4) is 0 Å². The zero-order valence-corrected chi connectivity index (χ0v) is 16.3. The van der Waals surface area contributed by atoms with Crippen LogP contribution < -0.4 is 11.3 Å². The summed E-state index contributed by atoms with van der Waals surface area (Å²) in [5.41, 5.74) is 9.44. The third-order valence-corrected chi connectivity index (χ3v) is 5.40. The highest BCUT2D eigenvalue weighted by atomic mass is 16.5. The number of nitrogens with two attached hydrogens (primary N) is 1. The zero-order valence-electron chi connectivity index (χ0n) is 16.3. The molecule has 0 aliphatic heterocycles. The minimum Gasteiger partial charge on any atom is -0.480 e. The minimum absolute atomic E-state index is 0.0568. The number of fused-ring (bicyclic) bond motifs is 3. The number of nitrogen functional groups attached to an aromatic ring is 1. The molecule has 2 aromatic carbocycles. The molecule has 0 radical (unpaired) electrons. The number of carbonyl (C=O) groups excluding carboxylic acids is 1. The van der Waals surface area contributed by atoms with E-state index in [0.29, 0.717) is 5.69 Å². The van der Waals surface area contributed by atoms with Crippen LogP contribution in [0.1, 0.15) is 33.1 Å². The first-order valence-corrected chi connectivity index (χ1v) is 9.45. The number of carbonyl (C=O) groups is 2. The molecule has 0 spiro atoms. The molecule has 7 heteroatoms. The number of carboxylic acids is 1. The summed E-state index contributed by atoms with van der Waals surface area (Å²) in [6.45, 7) is 1.12. The van der Waals surface area contributed by atoms with E-state index in [1.807, 2.05) is 48.5 Å². The second kappa shape index (κ2) is 7.51. The van der Waals surface area contributed by atoms with Crippen LogP contribution in [0.2, 0.25) is 0 Å². The third-order valence-electron chi connectivity index (χ3n) is 5.40. The smallest absolute Gasteiger partial charge is 0.340 e. The fraction of sp³-hybridized carbons (Fsp3) is 0.174. The van der Waals surface area contributed by atoms with Gasteiger partial charge in [-0.3, -0.25) is 14.2 Å². The lowest BCUT2D eigenvalue weighted by molar-refractivity contribution is -0.137. The summed E-state index contributed by atoms with van der Waals surface area (Å²) in [6, 6.07) is 17.3. The molecule has 1 aliphatic carbocycles. The van der Waals surface area contributed by atoms with E-state index in [1.165, 1.54) is 6.07 Å². The maximum atomic E-state index is 12.7. The van der Waals surface area contributed by atoms with Crippen molar-refractivity contribution >= 4 is 17.6 Å². The largest absolute Gasteiger partial charge is 0.480 e. The minimum atomic E-state index is -1.17. The average molecular weight is 404 g/mol. The van der Waals surface area contributed by atoms with Crippen molar-refractivity contribution in [3.63, 3.8) is 0 Å². The van der Waals surface area contributed by atoms with Crippen molar-refractivity contribution in [2.24, 2.45) is 0 Å². The molecule has 152 valence electrons. The Kier molecular flexibility index (Phi) is 4.87. The van der Waals surface area contributed by atoms with Gasteiger partial charge in [0.25, 0.3) is 5.56 Å². The second-order valence-corrected chi connectivity index (χ2v) is 7.22. The number of carboxylic acid groups (broad SMARTS) is 1. The van der Waals surface area contributed by atoms with Crippen LogP contribution in [-0.4, -0.2) is 28.2 Å². The number of pyridine rings is 1. The van der Waals surface area contributed by atoms with Crippen LogP contribution in [0, 0.1) is 6.92 Å². The van der Waals surface area contributed by atoms with E-state index >= 15 is 0 Å². The fourth-order valence-corrected chi connectivity index (χ4v) is 3.96. The Hall–Kier alpha value is -3.87. The van der Waals surface area contributed by atoms with Gasteiger partial charge in [-0.2, -0.15) is 0 Å². The molecule has 0 amide bonds. The fourth-order valence-electron chi connectivity index (χ4n) is 3.96. The van der Waals surface area contributed by atoms with Gasteiger partial charge in [-0.05, 0) is 35.2 Å². The van der Waals surface area contributed by atoms with Crippen molar-refractivity contribution in [2.75, 3.05) is 12.3 Å². The van der Waals surface area contributed by atoms with Gasteiger partial charge >= 0.3 is 11.9 Å².